The van der Waals surface area contributed by atoms with Gasteiger partial charge in [-0.05, 0) is 62.7 Å². The molecule has 3 nitrogen and oxygen atoms in total. The number of rotatable bonds is 11. The molecule has 0 amide bonds. The standard InChI is InChI=1S/C30H38NO2P/c1-7-19-30(8-2,27-20-22(3)17-18-28(27)33-21-32-6)34-29-23(4)13-12-16-26(29)24(5)31-25-14-10-9-11-15-25/h9-18,20,34H,7-8,19,21H2,1-6H3. The summed E-state index contributed by atoms with van der Waals surface area (Å²) in [5.41, 5.74) is 7.14. The molecule has 0 saturated carbocycles. The van der Waals surface area contributed by atoms with Gasteiger partial charge in [0.15, 0.2) is 6.79 Å². The number of para-hydroxylation sites is 1. The van der Waals surface area contributed by atoms with Crippen LogP contribution in [0, 0.1) is 13.8 Å². The third-order valence-corrected chi connectivity index (χ3v) is 8.61. The Balaban J connectivity index is 2.13. The van der Waals surface area contributed by atoms with Gasteiger partial charge in [0.05, 0.1) is 5.69 Å². The molecule has 0 bridgehead atoms. The lowest BCUT2D eigenvalue weighted by molar-refractivity contribution is 0.0499. The zero-order valence-electron chi connectivity index (χ0n) is 21.4. The maximum absolute atomic E-state index is 6.08. The van der Waals surface area contributed by atoms with E-state index in [0.717, 1.165) is 36.4 Å². The molecule has 2 unspecified atom stereocenters. The van der Waals surface area contributed by atoms with E-state index in [1.807, 2.05) is 18.2 Å². The SMILES string of the molecule is CCCC(CC)(Pc1c(C)cccc1C(C)=Nc1ccccc1)c1cc(C)ccc1OCOC. The van der Waals surface area contributed by atoms with Crippen molar-refractivity contribution < 1.29 is 9.47 Å². The van der Waals surface area contributed by atoms with Crippen LogP contribution in [-0.2, 0) is 9.89 Å². The molecule has 0 aliphatic rings. The van der Waals surface area contributed by atoms with Gasteiger partial charge in [0.1, 0.15) is 5.75 Å². The van der Waals surface area contributed by atoms with Crippen molar-refractivity contribution >= 4 is 25.3 Å². The van der Waals surface area contributed by atoms with Crippen molar-refractivity contribution in [2.45, 2.75) is 59.0 Å². The molecule has 34 heavy (non-hydrogen) atoms. The Kier molecular flexibility index (Phi) is 9.45. The van der Waals surface area contributed by atoms with E-state index in [-0.39, 0.29) is 11.9 Å². The molecule has 3 aromatic rings. The van der Waals surface area contributed by atoms with Crippen LogP contribution in [0.1, 0.15) is 62.3 Å². The van der Waals surface area contributed by atoms with Crippen LogP contribution in [0.2, 0.25) is 0 Å². The molecule has 180 valence electrons. The van der Waals surface area contributed by atoms with Gasteiger partial charge in [0.2, 0.25) is 0 Å². The molecule has 0 fully saturated rings. The van der Waals surface area contributed by atoms with Gasteiger partial charge in [-0.1, -0.05) is 82.9 Å². The fraction of sp³-hybridized carbons (Fsp3) is 0.367. The second kappa shape index (κ2) is 12.3. The van der Waals surface area contributed by atoms with E-state index in [1.165, 1.54) is 27.6 Å². The lowest BCUT2D eigenvalue weighted by Gasteiger charge is -2.36. The van der Waals surface area contributed by atoms with E-state index in [2.05, 4.69) is 83.1 Å². The fourth-order valence-electron chi connectivity index (χ4n) is 4.54. The number of hydrogen-bond acceptors (Lipinski definition) is 3. The largest absolute Gasteiger partial charge is 0.467 e. The molecular weight excluding hydrogens is 437 g/mol. The molecule has 0 aliphatic heterocycles. The Hall–Kier alpha value is -2.48. The molecule has 4 heteroatoms. The van der Waals surface area contributed by atoms with E-state index in [1.54, 1.807) is 7.11 Å². The lowest BCUT2D eigenvalue weighted by atomic mass is 9.89. The van der Waals surface area contributed by atoms with Gasteiger partial charge in [0, 0.05) is 29.1 Å². The van der Waals surface area contributed by atoms with Crippen molar-refractivity contribution in [3.05, 3.63) is 89.0 Å². The summed E-state index contributed by atoms with van der Waals surface area (Å²) in [6.07, 6.45) is 3.24. The maximum atomic E-state index is 6.08. The van der Waals surface area contributed by atoms with Crippen LogP contribution in [0.15, 0.2) is 71.7 Å². The zero-order chi connectivity index (χ0) is 24.6. The third kappa shape index (κ3) is 6.14. The summed E-state index contributed by atoms with van der Waals surface area (Å²) in [6.45, 7) is 11.4. The van der Waals surface area contributed by atoms with Crippen LogP contribution in [0.25, 0.3) is 0 Å². The number of methoxy groups -OCH3 is 1. The quantitative estimate of drug-likeness (QED) is 0.161. The molecule has 0 saturated heterocycles. The van der Waals surface area contributed by atoms with Crippen LogP contribution in [0.5, 0.6) is 5.75 Å². The second-order valence-corrected chi connectivity index (χ2v) is 10.6. The van der Waals surface area contributed by atoms with Crippen LogP contribution >= 0.6 is 8.58 Å². The van der Waals surface area contributed by atoms with Crippen molar-refractivity contribution in [3.8, 4) is 5.75 Å². The minimum atomic E-state index is -0.0161. The van der Waals surface area contributed by atoms with E-state index in [0.29, 0.717) is 8.58 Å². The van der Waals surface area contributed by atoms with Gasteiger partial charge >= 0.3 is 0 Å². The minimum Gasteiger partial charge on any atom is -0.467 e. The lowest BCUT2D eigenvalue weighted by Crippen LogP contribution is -2.26. The van der Waals surface area contributed by atoms with Crippen LogP contribution in [0.3, 0.4) is 0 Å². The van der Waals surface area contributed by atoms with Gasteiger partial charge in [-0.25, -0.2) is 0 Å². The first-order valence-electron chi connectivity index (χ1n) is 12.2. The third-order valence-electron chi connectivity index (χ3n) is 6.34. The predicted octanol–water partition coefficient (Wildman–Crippen LogP) is 7.84. The highest BCUT2D eigenvalue weighted by Crippen LogP contribution is 2.51. The Morgan fingerprint density at radius 3 is 2.41 bits per heavy atom. The maximum Gasteiger partial charge on any atom is 0.188 e. The van der Waals surface area contributed by atoms with Crippen molar-refractivity contribution in [2.24, 2.45) is 4.99 Å². The van der Waals surface area contributed by atoms with Gasteiger partial charge in [-0.3, -0.25) is 4.99 Å². The van der Waals surface area contributed by atoms with Crippen molar-refractivity contribution in [1.82, 2.24) is 0 Å². The average Bonchev–Trinajstić information content (AvgIpc) is 2.84. The highest BCUT2D eigenvalue weighted by molar-refractivity contribution is 7.49. The molecule has 0 heterocycles. The monoisotopic (exact) mass is 475 g/mol. The number of nitrogens with zero attached hydrogens (tertiary/aromatic N) is 1. The average molecular weight is 476 g/mol. The molecule has 3 aromatic carbocycles. The molecule has 3 rings (SSSR count). The molecule has 2 atom stereocenters. The highest BCUT2D eigenvalue weighted by atomic mass is 31.1. The zero-order valence-corrected chi connectivity index (χ0v) is 22.4. The summed E-state index contributed by atoms with van der Waals surface area (Å²) in [5.74, 6) is 0.931. The summed E-state index contributed by atoms with van der Waals surface area (Å²) in [7, 11) is 2.27. The number of aryl methyl sites for hydroxylation is 2. The van der Waals surface area contributed by atoms with Crippen LogP contribution < -0.4 is 10.0 Å². The summed E-state index contributed by atoms with van der Waals surface area (Å²) in [6, 6.07) is 23.4. The number of benzene rings is 3. The smallest absolute Gasteiger partial charge is 0.188 e. The van der Waals surface area contributed by atoms with E-state index in [9.17, 15) is 0 Å². The number of aliphatic imine (C=N–C) groups is 1. The summed E-state index contributed by atoms with van der Waals surface area (Å²) in [4.78, 5) is 4.96. The summed E-state index contributed by atoms with van der Waals surface area (Å²) < 4.78 is 11.3. The highest BCUT2D eigenvalue weighted by Gasteiger charge is 2.34. The molecule has 0 radical (unpaired) electrons. The van der Waals surface area contributed by atoms with Crippen molar-refractivity contribution in [2.75, 3.05) is 13.9 Å². The van der Waals surface area contributed by atoms with Gasteiger partial charge in [-0.15, -0.1) is 0 Å². The minimum absolute atomic E-state index is 0.0161. The predicted molar refractivity (Wildman–Crippen MR) is 148 cm³/mol. The van der Waals surface area contributed by atoms with Crippen molar-refractivity contribution in [1.29, 1.82) is 0 Å². The Morgan fingerprint density at radius 1 is 0.971 bits per heavy atom. The van der Waals surface area contributed by atoms with Crippen LogP contribution in [-0.4, -0.2) is 19.6 Å². The van der Waals surface area contributed by atoms with Crippen LogP contribution in [0.4, 0.5) is 5.69 Å². The molecule has 0 spiro atoms. The number of hydrogen-bond donors (Lipinski definition) is 0. The number of ether oxygens (including phenoxy) is 2. The van der Waals surface area contributed by atoms with E-state index < -0.39 is 0 Å². The second-order valence-electron chi connectivity index (χ2n) is 8.89. The van der Waals surface area contributed by atoms with Crippen molar-refractivity contribution in [3.63, 3.8) is 0 Å². The topological polar surface area (TPSA) is 30.8 Å². The van der Waals surface area contributed by atoms with Gasteiger partial charge in [-0.2, -0.15) is 0 Å². The Bertz CT molecular complexity index is 1110. The fourth-order valence-corrected chi connectivity index (χ4v) is 6.58. The van der Waals surface area contributed by atoms with E-state index in [4.69, 9.17) is 14.5 Å². The normalized spacial score (nSPS) is 13.9. The first-order valence-corrected chi connectivity index (χ1v) is 13.2. The molecule has 0 aromatic heterocycles. The van der Waals surface area contributed by atoms with Gasteiger partial charge in [0.25, 0.3) is 0 Å². The molecular formula is C30H38NO2P. The summed E-state index contributed by atoms with van der Waals surface area (Å²) in [5, 5.41) is 1.38. The Labute approximate surface area is 207 Å². The molecule has 0 N–H and O–H groups in total. The first kappa shape index (κ1) is 26.1. The van der Waals surface area contributed by atoms with E-state index >= 15 is 0 Å². The van der Waals surface area contributed by atoms with Gasteiger partial charge < -0.3 is 9.47 Å². The first-order chi connectivity index (χ1) is 16.4. The Morgan fingerprint density at radius 2 is 1.74 bits per heavy atom. The molecule has 0 aliphatic carbocycles. The summed E-state index contributed by atoms with van der Waals surface area (Å²) >= 11 is 0.